The lowest BCUT2D eigenvalue weighted by Crippen LogP contribution is -2.28. The minimum Gasteiger partial charge on any atom is -0.467 e. The Hall–Kier alpha value is -2.57. The van der Waals surface area contributed by atoms with E-state index in [1.165, 1.54) is 12.8 Å². The van der Waals surface area contributed by atoms with Gasteiger partial charge in [0.1, 0.15) is 11.6 Å². The van der Waals surface area contributed by atoms with Crippen LogP contribution >= 0.6 is 0 Å². The number of furan rings is 1. The van der Waals surface area contributed by atoms with E-state index in [0.717, 1.165) is 24.4 Å². The molecule has 1 aliphatic carbocycles. The van der Waals surface area contributed by atoms with E-state index in [0.29, 0.717) is 19.1 Å². The van der Waals surface area contributed by atoms with Gasteiger partial charge in [0.25, 0.3) is 0 Å². The Labute approximate surface area is 146 Å². The van der Waals surface area contributed by atoms with E-state index in [9.17, 15) is 9.59 Å². The van der Waals surface area contributed by atoms with Gasteiger partial charge in [-0.3, -0.25) is 9.59 Å². The van der Waals surface area contributed by atoms with E-state index in [1.54, 1.807) is 23.4 Å². The quantitative estimate of drug-likeness (QED) is 0.905. The average molecular weight is 342 g/mol. The summed E-state index contributed by atoms with van der Waals surface area (Å²) in [6.45, 7) is 0.832. The number of nitrogens with zero attached hydrogens (tertiary/aromatic N) is 3. The molecule has 1 atom stereocenters. The van der Waals surface area contributed by atoms with Crippen molar-refractivity contribution in [3.8, 4) is 0 Å². The van der Waals surface area contributed by atoms with Gasteiger partial charge in [0.05, 0.1) is 31.0 Å². The van der Waals surface area contributed by atoms with Gasteiger partial charge < -0.3 is 14.6 Å². The zero-order chi connectivity index (χ0) is 17.2. The topological polar surface area (TPSA) is 80.4 Å². The fourth-order valence-corrected chi connectivity index (χ4v) is 3.77. The molecule has 25 heavy (non-hydrogen) atoms. The highest BCUT2D eigenvalue weighted by molar-refractivity contribution is 5.96. The first-order valence-electron chi connectivity index (χ1n) is 8.85. The van der Waals surface area contributed by atoms with Crippen molar-refractivity contribution in [1.82, 2.24) is 14.7 Å². The first kappa shape index (κ1) is 15.9. The Morgan fingerprint density at radius 1 is 1.32 bits per heavy atom. The number of likely N-dealkylation sites (tertiary alicyclic amines) is 1. The van der Waals surface area contributed by atoms with E-state index in [4.69, 9.17) is 4.42 Å². The van der Waals surface area contributed by atoms with Crippen LogP contribution in [0.3, 0.4) is 0 Å². The molecule has 7 heteroatoms. The molecule has 2 fully saturated rings. The predicted octanol–water partition coefficient (Wildman–Crippen LogP) is 2.58. The molecule has 0 unspecified atom stereocenters. The standard InChI is InChI=1S/C18H22N4O3/c23-17-10-13(11-21(17)12-15-6-3-9-25-15)18(24)20-16-7-8-19-22(16)14-4-1-2-5-14/h3,6-9,13-14H,1-2,4-5,10-12H2,(H,20,24)/t13-/m1/s1. The van der Waals surface area contributed by atoms with Crippen LogP contribution in [0.15, 0.2) is 35.1 Å². The Morgan fingerprint density at radius 3 is 2.92 bits per heavy atom. The number of aromatic nitrogens is 2. The van der Waals surface area contributed by atoms with Gasteiger partial charge in [0, 0.05) is 19.0 Å². The predicted molar refractivity (Wildman–Crippen MR) is 90.6 cm³/mol. The summed E-state index contributed by atoms with van der Waals surface area (Å²) >= 11 is 0. The van der Waals surface area contributed by atoms with Gasteiger partial charge >= 0.3 is 0 Å². The Kier molecular flexibility index (Phi) is 4.29. The minimum absolute atomic E-state index is 0.0131. The van der Waals surface area contributed by atoms with Gasteiger partial charge in [-0.25, -0.2) is 4.68 Å². The Morgan fingerprint density at radius 2 is 2.16 bits per heavy atom. The molecule has 1 aliphatic heterocycles. The zero-order valence-electron chi connectivity index (χ0n) is 14.1. The summed E-state index contributed by atoms with van der Waals surface area (Å²) in [7, 11) is 0. The van der Waals surface area contributed by atoms with E-state index in [-0.39, 0.29) is 24.2 Å². The van der Waals surface area contributed by atoms with Gasteiger partial charge in [-0.2, -0.15) is 5.10 Å². The lowest BCUT2D eigenvalue weighted by atomic mass is 10.1. The van der Waals surface area contributed by atoms with Crippen LogP contribution in [0.2, 0.25) is 0 Å². The second-order valence-corrected chi connectivity index (χ2v) is 6.84. The van der Waals surface area contributed by atoms with Crippen LogP contribution in [0.4, 0.5) is 5.82 Å². The van der Waals surface area contributed by atoms with Gasteiger partial charge in [0.2, 0.25) is 11.8 Å². The molecule has 0 bridgehead atoms. The van der Waals surface area contributed by atoms with Gasteiger partial charge in [-0.15, -0.1) is 0 Å². The van der Waals surface area contributed by atoms with Crippen molar-refractivity contribution in [2.45, 2.75) is 44.7 Å². The van der Waals surface area contributed by atoms with Crippen molar-refractivity contribution in [1.29, 1.82) is 0 Å². The summed E-state index contributed by atoms with van der Waals surface area (Å²) in [5, 5.41) is 7.34. The van der Waals surface area contributed by atoms with Crippen molar-refractivity contribution in [3.63, 3.8) is 0 Å². The number of carbonyl (C=O) groups is 2. The Bertz CT molecular complexity index is 746. The summed E-state index contributed by atoms with van der Waals surface area (Å²) in [6.07, 6.45) is 8.16. The summed E-state index contributed by atoms with van der Waals surface area (Å²) in [5.41, 5.74) is 0. The number of rotatable bonds is 5. The maximum atomic E-state index is 12.6. The molecule has 2 aromatic heterocycles. The van der Waals surface area contributed by atoms with Crippen LogP contribution in [0.25, 0.3) is 0 Å². The van der Waals surface area contributed by atoms with Crippen molar-refractivity contribution in [3.05, 3.63) is 36.4 Å². The number of hydrogen-bond donors (Lipinski definition) is 1. The maximum Gasteiger partial charge on any atom is 0.230 e. The number of carbonyl (C=O) groups excluding carboxylic acids is 2. The summed E-state index contributed by atoms with van der Waals surface area (Å²) < 4.78 is 7.21. The number of anilines is 1. The van der Waals surface area contributed by atoms with Gasteiger partial charge in [-0.05, 0) is 25.0 Å². The molecule has 1 saturated carbocycles. The van der Waals surface area contributed by atoms with Gasteiger partial charge in [-0.1, -0.05) is 12.8 Å². The second-order valence-electron chi connectivity index (χ2n) is 6.84. The van der Waals surface area contributed by atoms with Crippen molar-refractivity contribution in [2.24, 2.45) is 5.92 Å². The molecule has 0 radical (unpaired) electrons. The van der Waals surface area contributed by atoms with E-state index in [2.05, 4.69) is 10.4 Å². The zero-order valence-corrected chi connectivity index (χ0v) is 14.1. The molecule has 0 spiro atoms. The molecule has 7 nitrogen and oxygen atoms in total. The average Bonchev–Trinajstić information content (AvgIpc) is 3.35. The molecule has 1 N–H and O–H groups in total. The molecular weight excluding hydrogens is 320 g/mol. The highest BCUT2D eigenvalue weighted by Crippen LogP contribution is 2.31. The Balaban J connectivity index is 1.39. The molecule has 2 aromatic rings. The van der Waals surface area contributed by atoms with Crippen LogP contribution in [-0.4, -0.2) is 33.0 Å². The van der Waals surface area contributed by atoms with Crippen LogP contribution in [-0.2, 0) is 16.1 Å². The van der Waals surface area contributed by atoms with Crippen molar-refractivity contribution in [2.75, 3.05) is 11.9 Å². The van der Waals surface area contributed by atoms with Crippen molar-refractivity contribution >= 4 is 17.6 Å². The third-order valence-electron chi connectivity index (χ3n) is 5.10. The highest BCUT2D eigenvalue weighted by Gasteiger charge is 2.35. The van der Waals surface area contributed by atoms with Crippen LogP contribution in [0, 0.1) is 5.92 Å². The molecule has 3 heterocycles. The van der Waals surface area contributed by atoms with E-state index >= 15 is 0 Å². The summed E-state index contributed by atoms with van der Waals surface area (Å²) in [5.74, 6) is 0.993. The first-order chi connectivity index (χ1) is 12.2. The number of hydrogen-bond acceptors (Lipinski definition) is 4. The summed E-state index contributed by atoms with van der Waals surface area (Å²) in [6, 6.07) is 5.82. The molecule has 1 saturated heterocycles. The molecule has 0 aromatic carbocycles. The smallest absolute Gasteiger partial charge is 0.230 e. The van der Waals surface area contributed by atoms with E-state index < -0.39 is 0 Å². The largest absolute Gasteiger partial charge is 0.467 e. The van der Waals surface area contributed by atoms with Crippen LogP contribution in [0.5, 0.6) is 0 Å². The molecule has 2 aliphatic rings. The molecule has 2 amide bonds. The SMILES string of the molecule is O=C(Nc1ccnn1C1CCCC1)[C@@H]1CC(=O)N(Cc2ccco2)C1. The third-order valence-corrected chi connectivity index (χ3v) is 5.10. The lowest BCUT2D eigenvalue weighted by Gasteiger charge is -2.17. The third kappa shape index (κ3) is 3.31. The van der Waals surface area contributed by atoms with Crippen LogP contribution in [0.1, 0.15) is 43.9 Å². The first-order valence-corrected chi connectivity index (χ1v) is 8.85. The highest BCUT2D eigenvalue weighted by atomic mass is 16.3. The molecule has 4 rings (SSSR count). The monoisotopic (exact) mass is 342 g/mol. The maximum absolute atomic E-state index is 12.6. The fourth-order valence-electron chi connectivity index (χ4n) is 3.77. The minimum atomic E-state index is -0.339. The normalized spacial score (nSPS) is 21.2. The van der Waals surface area contributed by atoms with Crippen molar-refractivity contribution < 1.29 is 14.0 Å². The second kappa shape index (κ2) is 6.74. The van der Waals surface area contributed by atoms with Crippen LogP contribution < -0.4 is 5.32 Å². The van der Waals surface area contributed by atoms with Gasteiger partial charge in [0.15, 0.2) is 0 Å². The summed E-state index contributed by atoms with van der Waals surface area (Å²) in [4.78, 5) is 26.5. The number of nitrogens with one attached hydrogen (secondary N) is 1. The fraction of sp³-hybridized carbons (Fsp3) is 0.500. The molecular formula is C18H22N4O3. The lowest BCUT2D eigenvalue weighted by molar-refractivity contribution is -0.128. The van der Waals surface area contributed by atoms with E-state index in [1.807, 2.05) is 16.8 Å². The molecule has 132 valence electrons. The number of amides is 2.